The van der Waals surface area contributed by atoms with Crippen molar-refractivity contribution in [2.45, 2.75) is 64.5 Å². The fraction of sp³-hybridized carbons (Fsp3) is 0.750. The van der Waals surface area contributed by atoms with Gasteiger partial charge in [-0.3, -0.25) is 4.79 Å². The molecular formula is C16H25NO3. The Hall–Kier alpha value is -1.32. The second-order valence-corrected chi connectivity index (χ2v) is 6.75. The fourth-order valence-electron chi connectivity index (χ4n) is 2.89. The number of carbonyl (C=O) groups excluding carboxylic acids is 2. The van der Waals surface area contributed by atoms with Crippen LogP contribution in [0.5, 0.6) is 0 Å². The van der Waals surface area contributed by atoms with Gasteiger partial charge in [-0.25, -0.2) is 4.79 Å². The molecule has 1 unspecified atom stereocenters. The van der Waals surface area contributed by atoms with Crippen molar-refractivity contribution >= 4 is 11.9 Å². The van der Waals surface area contributed by atoms with Gasteiger partial charge in [-0.05, 0) is 52.4 Å². The van der Waals surface area contributed by atoms with Crippen LogP contribution in [0.15, 0.2) is 12.2 Å². The first kappa shape index (κ1) is 15.1. The van der Waals surface area contributed by atoms with Gasteiger partial charge in [0.05, 0.1) is 0 Å². The van der Waals surface area contributed by atoms with E-state index < -0.39 is 5.60 Å². The Morgan fingerprint density at radius 3 is 2.65 bits per heavy atom. The summed E-state index contributed by atoms with van der Waals surface area (Å²) in [6, 6.07) is -0.382. The first-order valence-corrected chi connectivity index (χ1v) is 7.56. The molecule has 20 heavy (non-hydrogen) atoms. The average Bonchev–Trinajstić information content (AvgIpc) is 2.96. The zero-order valence-corrected chi connectivity index (χ0v) is 12.7. The molecule has 112 valence electrons. The molecule has 4 heteroatoms. The molecule has 1 fully saturated rings. The van der Waals surface area contributed by atoms with Crippen LogP contribution in [0, 0.1) is 5.92 Å². The van der Waals surface area contributed by atoms with Crippen molar-refractivity contribution in [2.24, 2.45) is 5.92 Å². The van der Waals surface area contributed by atoms with Crippen molar-refractivity contribution in [3.05, 3.63) is 12.2 Å². The summed E-state index contributed by atoms with van der Waals surface area (Å²) in [4.78, 5) is 26.3. The highest BCUT2D eigenvalue weighted by Crippen LogP contribution is 2.26. The van der Waals surface area contributed by atoms with Gasteiger partial charge in [-0.2, -0.15) is 0 Å². The third kappa shape index (κ3) is 3.84. The minimum atomic E-state index is -0.497. The highest BCUT2D eigenvalue weighted by atomic mass is 16.6. The van der Waals surface area contributed by atoms with Crippen LogP contribution in [0.3, 0.4) is 0 Å². The second kappa shape index (κ2) is 5.98. The van der Waals surface area contributed by atoms with E-state index >= 15 is 0 Å². The maximum atomic E-state index is 12.4. The van der Waals surface area contributed by atoms with E-state index in [-0.39, 0.29) is 17.9 Å². The van der Waals surface area contributed by atoms with Gasteiger partial charge >= 0.3 is 5.97 Å². The molecule has 0 aromatic rings. The molecule has 0 aromatic heterocycles. The zero-order chi connectivity index (χ0) is 14.8. The molecule has 1 heterocycles. The largest absolute Gasteiger partial charge is 0.458 e. The number of esters is 1. The lowest BCUT2D eigenvalue weighted by Gasteiger charge is -2.28. The molecule has 1 aliphatic heterocycles. The number of hydrogen-bond donors (Lipinski definition) is 0. The Morgan fingerprint density at radius 1 is 1.30 bits per heavy atom. The van der Waals surface area contributed by atoms with Crippen LogP contribution in [0.2, 0.25) is 0 Å². The highest BCUT2D eigenvalue weighted by molar-refractivity contribution is 5.85. The summed E-state index contributed by atoms with van der Waals surface area (Å²) in [5, 5.41) is 0. The minimum Gasteiger partial charge on any atom is -0.458 e. The molecule has 1 amide bonds. The van der Waals surface area contributed by atoms with Gasteiger partial charge in [0.25, 0.3) is 0 Å². The zero-order valence-electron chi connectivity index (χ0n) is 12.7. The highest BCUT2D eigenvalue weighted by Gasteiger charge is 2.37. The van der Waals surface area contributed by atoms with Crippen molar-refractivity contribution in [3.63, 3.8) is 0 Å². The first-order valence-electron chi connectivity index (χ1n) is 7.56. The van der Waals surface area contributed by atoms with Gasteiger partial charge in [0, 0.05) is 13.0 Å². The lowest BCUT2D eigenvalue weighted by Crippen LogP contribution is -2.43. The summed E-state index contributed by atoms with van der Waals surface area (Å²) < 4.78 is 5.43. The Kier molecular flexibility index (Phi) is 4.51. The summed E-state index contributed by atoms with van der Waals surface area (Å²) in [6.07, 6.45) is 8.50. The number of hydrogen-bond acceptors (Lipinski definition) is 3. The molecule has 1 aliphatic carbocycles. The normalized spacial score (nSPS) is 26.1. The molecule has 0 radical (unpaired) electrons. The van der Waals surface area contributed by atoms with E-state index in [2.05, 4.69) is 12.2 Å². The van der Waals surface area contributed by atoms with Crippen LogP contribution >= 0.6 is 0 Å². The number of allylic oxidation sites excluding steroid dienone is 2. The topological polar surface area (TPSA) is 46.6 Å². The Morgan fingerprint density at radius 2 is 2.05 bits per heavy atom. The molecule has 0 bridgehead atoms. The lowest BCUT2D eigenvalue weighted by atomic mass is 10.0. The van der Waals surface area contributed by atoms with Crippen molar-refractivity contribution < 1.29 is 14.3 Å². The predicted molar refractivity (Wildman–Crippen MR) is 77.1 cm³/mol. The molecule has 4 nitrogen and oxygen atoms in total. The summed E-state index contributed by atoms with van der Waals surface area (Å²) in [5.74, 6) is 0.183. The molecule has 2 atom stereocenters. The molecule has 0 saturated carbocycles. The van der Waals surface area contributed by atoms with E-state index in [0.717, 1.165) is 25.7 Å². The van der Waals surface area contributed by atoms with Crippen LogP contribution in [0.4, 0.5) is 0 Å². The Labute approximate surface area is 121 Å². The summed E-state index contributed by atoms with van der Waals surface area (Å²) >= 11 is 0. The van der Waals surface area contributed by atoms with Gasteiger partial charge < -0.3 is 9.64 Å². The number of ether oxygens (including phenoxy) is 1. The van der Waals surface area contributed by atoms with E-state index in [9.17, 15) is 9.59 Å². The molecule has 1 saturated heterocycles. The van der Waals surface area contributed by atoms with E-state index in [1.165, 1.54) is 0 Å². The van der Waals surface area contributed by atoms with Crippen molar-refractivity contribution in [2.75, 3.05) is 6.54 Å². The van der Waals surface area contributed by atoms with Gasteiger partial charge in [-0.1, -0.05) is 12.2 Å². The molecule has 2 rings (SSSR count). The predicted octanol–water partition coefficient (Wildman–Crippen LogP) is 2.68. The second-order valence-electron chi connectivity index (χ2n) is 6.75. The number of rotatable bonds is 3. The minimum absolute atomic E-state index is 0.0925. The number of carbonyl (C=O) groups is 2. The molecule has 0 N–H and O–H groups in total. The summed E-state index contributed by atoms with van der Waals surface area (Å²) in [6.45, 7) is 6.25. The van der Waals surface area contributed by atoms with Gasteiger partial charge in [0.1, 0.15) is 11.6 Å². The molecular weight excluding hydrogens is 254 g/mol. The first-order chi connectivity index (χ1) is 9.37. The third-order valence-electron chi connectivity index (χ3n) is 3.80. The fourth-order valence-corrected chi connectivity index (χ4v) is 2.89. The van der Waals surface area contributed by atoms with E-state index in [4.69, 9.17) is 4.74 Å². The van der Waals surface area contributed by atoms with Crippen molar-refractivity contribution in [1.29, 1.82) is 0 Å². The van der Waals surface area contributed by atoms with Crippen LogP contribution in [0.1, 0.15) is 52.9 Å². The summed E-state index contributed by atoms with van der Waals surface area (Å²) in [7, 11) is 0. The number of nitrogens with zero attached hydrogens (tertiary/aromatic N) is 1. The molecule has 0 aromatic carbocycles. The maximum Gasteiger partial charge on any atom is 0.329 e. The quantitative estimate of drug-likeness (QED) is 0.589. The maximum absolute atomic E-state index is 12.4. The van der Waals surface area contributed by atoms with Gasteiger partial charge in [0.15, 0.2) is 0 Å². The smallest absolute Gasteiger partial charge is 0.329 e. The molecule has 2 aliphatic rings. The Bertz CT molecular complexity index is 408. The van der Waals surface area contributed by atoms with E-state index in [1.54, 1.807) is 4.90 Å². The summed E-state index contributed by atoms with van der Waals surface area (Å²) in [5.41, 5.74) is -0.497. The van der Waals surface area contributed by atoms with Crippen LogP contribution in [-0.4, -0.2) is 35.0 Å². The van der Waals surface area contributed by atoms with E-state index in [1.807, 2.05) is 20.8 Å². The molecule has 0 spiro atoms. The standard InChI is InChI=1S/C16H25NO3/c1-16(2,3)20-15(19)13-9-6-10-17(13)14(18)11-12-7-4-5-8-12/h4,7,12-13H,5-6,8-11H2,1-3H3/t12?,13-/m0/s1. The van der Waals surface area contributed by atoms with Crippen LogP contribution in [0.25, 0.3) is 0 Å². The monoisotopic (exact) mass is 279 g/mol. The van der Waals surface area contributed by atoms with Crippen LogP contribution in [-0.2, 0) is 14.3 Å². The Balaban J connectivity index is 1.94. The van der Waals surface area contributed by atoms with E-state index in [0.29, 0.717) is 18.9 Å². The van der Waals surface area contributed by atoms with Crippen molar-refractivity contribution in [3.8, 4) is 0 Å². The number of amides is 1. The van der Waals surface area contributed by atoms with Gasteiger partial charge in [-0.15, -0.1) is 0 Å². The lowest BCUT2D eigenvalue weighted by molar-refractivity contribution is -0.163. The van der Waals surface area contributed by atoms with Gasteiger partial charge in [0.2, 0.25) is 5.91 Å². The SMILES string of the molecule is CC(C)(C)OC(=O)[C@@H]1CCCN1C(=O)CC1C=CCC1. The van der Waals surface area contributed by atoms with Crippen LogP contribution < -0.4 is 0 Å². The van der Waals surface area contributed by atoms with Crippen molar-refractivity contribution in [1.82, 2.24) is 4.90 Å². The third-order valence-corrected chi connectivity index (χ3v) is 3.80. The average molecular weight is 279 g/mol. The number of likely N-dealkylation sites (tertiary alicyclic amines) is 1.